The first kappa shape index (κ1) is 10.0. The molecule has 0 radical (unpaired) electrons. The average Bonchev–Trinajstić information content (AvgIpc) is 2.21. The quantitative estimate of drug-likeness (QED) is 0.638. The molecule has 0 amide bonds. The van der Waals surface area contributed by atoms with E-state index in [1.54, 1.807) is 0 Å². The Bertz CT molecular complexity index is 284. The van der Waals surface area contributed by atoms with Crippen LogP contribution in [0, 0.1) is 0 Å². The molecule has 1 heterocycles. The van der Waals surface area contributed by atoms with Gasteiger partial charge in [0.05, 0.1) is 0 Å². The topological polar surface area (TPSA) is 12.9 Å². The standard InChI is InChI=1S/C11H16BN/c1-3-9(4-2)11(12)10-6-5-7-13-8-10/h5-8H,3-4,12H2,1-2H3. The predicted octanol–water partition coefficient (Wildman–Crippen LogP) is 2.25. The molecule has 0 bridgehead atoms. The largest absolute Gasteiger partial charge is 0.264 e. The number of hydrogen-bond acceptors (Lipinski definition) is 1. The van der Waals surface area contributed by atoms with Gasteiger partial charge in [0.1, 0.15) is 7.85 Å². The highest BCUT2D eigenvalue weighted by Crippen LogP contribution is 2.18. The summed E-state index contributed by atoms with van der Waals surface area (Å²) in [5.74, 6) is 0. The Kier molecular flexibility index (Phi) is 3.75. The van der Waals surface area contributed by atoms with Crippen LogP contribution in [-0.2, 0) is 0 Å². The maximum Gasteiger partial charge on any atom is 0.140 e. The zero-order valence-electron chi connectivity index (χ0n) is 8.67. The highest BCUT2D eigenvalue weighted by Gasteiger charge is 2.00. The lowest BCUT2D eigenvalue weighted by Gasteiger charge is -2.07. The van der Waals surface area contributed by atoms with Gasteiger partial charge in [-0.05, 0) is 24.5 Å². The first-order valence-electron chi connectivity index (χ1n) is 4.88. The van der Waals surface area contributed by atoms with E-state index in [2.05, 4.69) is 32.7 Å². The van der Waals surface area contributed by atoms with Crippen molar-refractivity contribution in [2.75, 3.05) is 0 Å². The van der Waals surface area contributed by atoms with E-state index in [1.807, 2.05) is 18.5 Å². The van der Waals surface area contributed by atoms with Crippen LogP contribution >= 0.6 is 0 Å². The SMILES string of the molecule is BC(=C(CC)CC)c1cccnc1. The Balaban J connectivity index is 3.01. The van der Waals surface area contributed by atoms with Crippen molar-refractivity contribution in [2.45, 2.75) is 26.7 Å². The van der Waals surface area contributed by atoms with Crippen LogP contribution in [0.15, 0.2) is 30.1 Å². The van der Waals surface area contributed by atoms with Gasteiger partial charge >= 0.3 is 0 Å². The second-order valence-corrected chi connectivity index (χ2v) is 3.18. The molecule has 0 aliphatic rings. The van der Waals surface area contributed by atoms with Crippen LogP contribution in [0.3, 0.4) is 0 Å². The lowest BCUT2D eigenvalue weighted by Crippen LogP contribution is -1.91. The number of hydrogen-bond donors (Lipinski definition) is 0. The summed E-state index contributed by atoms with van der Waals surface area (Å²) in [6.07, 6.45) is 6.02. The summed E-state index contributed by atoms with van der Waals surface area (Å²) in [7, 11) is 2.18. The van der Waals surface area contributed by atoms with Gasteiger partial charge in [-0.15, -0.1) is 0 Å². The number of pyridine rings is 1. The molecule has 0 aliphatic carbocycles. The van der Waals surface area contributed by atoms with E-state index in [0.29, 0.717) is 0 Å². The van der Waals surface area contributed by atoms with Gasteiger partial charge in [-0.1, -0.05) is 31.0 Å². The number of nitrogens with zero attached hydrogens (tertiary/aromatic N) is 1. The number of aromatic nitrogens is 1. The first-order chi connectivity index (χ1) is 6.29. The van der Waals surface area contributed by atoms with Crippen LogP contribution in [0.4, 0.5) is 0 Å². The van der Waals surface area contributed by atoms with Gasteiger partial charge in [0.15, 0.2) is 0 Å². The van der Waals surface area contributed by atoms with Gasteiger partial charge in [0.2, 0.25) is 0 Å². The average molecular weight is 173 g/mol. The van der Waals surface area contributed by atoms with E-state index < -0.39 is 0 Å². The van der Waals surface area contributed by atoms with Gasteiger partial charge in [-0.3, -0.25) is 4.98 Å². The Morgan fingerprint density at radius 2 is 2.08 bits per heavy atom. The Labute approximate surface area is 81.3 Å². The maximum atomic E-state index is 4.12. The predicted molar refractivity (Wildman–Crippen MR) is 60.3 cm³/mol. The minimum absolute atomic E-state index is 1.14. The maximum absolute atomic E-state index is 4.12. The third-order valence-electron chi connectivity index (χ3n) is 2.48. The molecule has 0 N–H and O–H groups in total. The van der Waals surface area contributed by atoms with Gasteiger partial charge in [-0.2, -0.15) is 0 Å². The van der Waals surface area contributed by atoms with Crippen LogP contribution in [0.5, 0.6) is 0 Å². The second kappa shape index (κ2) is 4.85. The molecule has 0 unspecified atom stereocenters. The summed E-state index contributed by atoms with van der Waals surface area (Å²) in [5, 5.41) is 0. The van der Waals surface area contributed by atoms with Gasteiger partial charge in [-0.25, -0.2) is 0 Å². The molecule has 68 valence electrons. The summed E-state index contributed by atoms with van der Waals surface area (Å²) < 4.78 is 0. The van der Waals surface area contributed by atoms with Crippen LogP contribution in [-0.4, -0.2) is 12.8 Å². The fraction of sp³-hybridized carbons (Fsp3) is 0.364. The third kappa shape index (κ3) is 2.45. The summed E-state index contributed by atoms with van der Waals surface area (Å²) in [4.78, 5) is 4.12. The fourth-order valence-electron chi connectivity index (χ4n) is 1.57. The third-order valence-corrected chi connectivity index (χ3v) is 2.48. The van der Waals surface area contributed by atoms with E-state index in [4.69, 9.17) is 0 Å². The molecular weight excluding hydrogens is 157 g/mol. The Morgan fingerprint density at radius 3 is 2.54 bits per heavy atom. The summed E-state index contributed by atoms with van der Waals surface area (Å²) >= 11 is 0. The van der Waals surface area contributed by atoms with Crippen LogP contribution in [0.25, 0.3) is 5.47 Å². The van der Waals surface area contributed by atoms with Crippen molar-refractivity contribution in [3.8, 4) is 0 Å². The smallest absolute Gasteiger partial charge is 0.140 e. The molecule has 1 aromatic rings. The van der Waals surface area contributed by atoms with Gasteiger partial charge in [0, 0.05) is 12.4 Å². The molecule has 0 spiro atoms. The van der Waals surface area contributed by atoms with Gasteiger partial charge < -0.3 is 0 Å². The van der Waals surface area contributed by atoms with E-state index in [9.17, 15) is 0 Å². The molecule has 1 rings (SSSR count). The minimum Gasteiger partial charge on any atom is -0.264 e. The molecule has 13 heavy (non-hydrogen) atoms. The molecule has 0 atom stereocenters. The molecular formula is C11H16BN. The van der Waals surface area contributed by atoms with Crippen LogP contribution < -0.4 is 0 Å². The molecule has 0 aromatic carbocycles. The molecule has 1 aromatic heterocycles. The zero-order valence-corrected chi connectivity index (χ0v) is 8.67. The van der Waals surface area contributed by atoms with Crippen LogP contribution in [0.2, 0.25) is 0 Å². The highest BCUT2D eigenvalue weighted by atomic mass is 14.6. The zero-order chi connectivity index (χ0) is 9.68. The van der Waals surface area contributed by atoms with E-state index >= 15 is 0 Å². The summed E-state index contributed by atoms with van der Waals surface area (Å²) in [5.41, 5.74) is 4.16. The normalized spacial score (nSPS) is 9.69. The van der Waals surface area contributed by atoms with E-state index in [-0.39, 0.29) is 0 Å². The van der Waals surface area contributed by atoms with Crippen molar-refractivity contribution >= 4 is 13.3 Å². The lowest BCUT2D eigenvalue weighted by atomic mass is 9.83. The number of allylic oxidation sites excluding steroid dienone is 1. The van der Waals surface area contributed by atoms with E-state index in [1.165, 1.54) is 16.6 Å². The fourth-order valence-corrected chi connectivity index (χ4v) is 1.57. The number of rotatable bonds is 3. The minimum atomic E-state index is 1.14. The second-order valence-electron chi connectivity index (χ2n) is 3.18. The summed E-state index contributed by atoms with van der Waals surface area (Å²) in [6.45, 7) is 4.41. The van der Waals surface area contributed by atoms with Crippen molar-refractivity contribution in [3.63, 3.8) is 0 Å². The molecule has 0 saturated carbocycles. The summed E-state index contributed by atoms with van der Waals surface area (Å²) in [6, 6.07) is 4.11. The van der Waals surface area contributed by atoms with E-state index in [0.717, 1.165) is 12.8 Å². The lowest BCUT2D eigenvalue weighted by molar-refractivity contribution is 0.986. The molecule has 0 saturated heterocycles. The van der Waals surface area contributed by atoms with Crippen molar-refractivity contribution in [2.24, 2.45) is 0 Å². The highest BCUT2D eigenvalue weighted by molar-refractivity contribution is 6.42. The van der Waals surface area contributed by atoms with Crippen LogP contribution in [0.1, 0.15) is 32.3 Å². The molecule has 1 nitrogen and oxygen atoms in total. The molecule has 0 fully saturated rings. The molecule has 0 aliphatic heterocycles. The Hall–Kier alpha value is -1.05. The van der Waals surface area contributed by atoms with Crippen molar-refractivity contribution in [1.82, 2.24) is 4.98 Å². The Morgan fingerprint density at radius 1 is 1.38 bits per heavy atom. The monoisotopic (exact) mass is 173 g/mol. The first-order valence-corrected chi connectivity index (χ1v) is 4.88. The van der Waals surface area contributed by atoms with Crippen molar-refractivity contribution in [1.29, 1.82) is 0 Å². The van der Waals surface area contributed by atoms with Crippen molar-refractivity contribution < 1.29 is 0 Å². The van der Waals surface area contributed by atoms with Gasteiger partial charge in [0.25, 0.3) is 0 Å². The van der Waals surface area contributed by atoms with Crippen molar-refractivity contribution in [3.05, 3.63) is 35.7 Å². The molecule has 2 heteroatoms.